The molecule has 0 aliphatic heterocycles. The molecule has 3 nitrogen and oxygen atoms in total. The summed E-state index contributed by atoms with van der Waals surface area (Å²) in [6, 6.07) is 16.7. The second-order valence-corrected chi connectivity index (χ2v) is 4.53. The number of hydrazone groups is 1. The van der Waals surface area contributed by atoms with Gasteiger partial charge in [0.25, 0.3) is 5.91 Å². The fourth-order valence-electron chi connectivity index (χ4n) is 1.37. The molecule has 0 radical (unpaired) electrons. The summed E-state index contributed by atoms with van der Waals surface area (Å²) in [4.78, 5) is 11.7. The smallest absolute Gasteiger partial charge is 0.267 e. The van der Waals surface area contributed by atoms with E-state index >= 15 is 0 Å². The Balaban J connectivity index is 1.96. The van der Waals surface area contributed by atoms with E-state index in [1.807, 2.05) is 42.5 Å². The first-order valence-electron chi connectivity index (χ1n) is 5.40. The van der Waals surface area contributed by atoms with Crippen LogP contribution in [0.25, 0.3) is 0 Å². The van der Waals surface area contributed by atoms with E-state index < -0.39 is 0 Å². The highest BCUT2D eigenvalue weighted by Crippen LogP contribution is 2.10. The Labute approximate surface area is 114 Å². The molecular weight excluding hydrogens is 292 g/mol. The molecule has 1 amide bonds. The summed E-state index contributed by atoms with van der Waals surface area (Å²) in [7, 11) is 0. The zero-order valence-corrected chi connectivity index (χ0v) is 11.1. The number of amides is 1. The summed E-state index contributed by atoms with van der Waals surface area (Å²) < 4.78 is 0.937. The molecule has 0 bridgehead atoms. The predicted octanol–water partition coefficient (Wildman–Crippen LogP) is 3.21. The molecule has 0 saturated carbocycles. The summed E-state index contributed by atoms with van der Waals surface area (Å²) in [6.45, 7) is 0. The first-order valence-corrected chi connectivity index (χ1v) is 6.19. The second-order valence-electron chi connectivity index (χ2n) is 3.62. The van der Waals surface area contributed by atoms with Gasteiger partial charge in [0.1, 0.15) is 0 Å². The van der Waals surface area contributed by atoms with Gasteiger partial charge in [0.05, 0.1) is 6.21 Å². The van der Waals surface area contributed by atoms with Crippen LogP contribution in [0, 0.1) is 0 Å². The van der Waals surface area contributed by atoms with Crippen molar-refractivity contribution in [3.8, 4) is 0 Å². The average Bonchev–Trinajstić information content (AvgIpc) is 2.40. The van der Waals surface area contributed by atoms with Crippen molar-refractivity contribution in [2.75, 3.05) is 0 Å². The standard InChI is InChI=1S/C14H11BrN2O/c15-13-8-6-12(7-9-13)14(18)17-16-10-11-4-2-1-3-5-11/h1-10H,(H,17,18)/b16-10-. The number of nitrogens with one attached hydrogen (secondary N) is 1. The van der Waals surface area contributed by atoms with Crippen molar-refractivity contribution < 1.29 is 4.79 Å². The van der Waals surface area contributed by atoms with Crippen molar-refractivity contribution in [1.82, 2.24) is 5.43 Å². The van der Waals surface area contributed by atoms with Crippen molar-refractivity contribution in [3.05, 3.63) is 70.2 Å². The van der Waals surface area contributed by atoms with Crippen LogP contribution in [0.3, 0.4) is 0 Å². The Morgan fingerprint density at radius 3 is 2.39 bits per heavy atom. The number of benzene rings is 2. The molecule has 0 heterocycles. The fraction of sp³-hybridized carbons (Fsp3) is 0. The number of carbonyl (C=O) groups is 1. The van der Waals surface area contributed by atoms with E-state index in [4.69, 9.17) is 0 Å². The van der Waals surface area contributed by atoms with E-state index in [0.717, 1.165) is 10.0 Å². The van der Waals surface area contributed by atoms with Crippen molar-refractivity contribution >= 4 is 28.1 Å². The zero-order chi connectivity index (χ0) is 12.8. The molecule has 18 heavy (non-hydrogen) atoms. The van der Waals surface area contributed by atoms with Gasteiger partial charge in [0, 0.05) is 10.0 Å². The van der Waals surface area contributed by atoms with Crippen LogP contribution in [0.4, 0.5) is 0 Å². The van der Waals surface area contributed by atoms with Gasteiger partial charge in [0.15, 0.2) is 0 Å². The SMILES string of the molecule is O=C(N/N=C\c1ccccc1)c1ccc(Br)cc1. The lowest BCUT2D eigenvalue weighted by Crippen LogP contribution is -2.17. The minimum atomic E-state index is -0.227. The Morgan fingerprint density at radius 1 is 1.06 bits per heavy atom. The van der Waals surface area contributed by atoms with E-state index in [-0.39, 0.29) is 5.91 Å². The highest BCUT2D eigenvalue weighted by molar-refractivity contribution is 9.10. The van der Waals surface area contributed by atoms with Gasteiger partial charge in [-0.05, 0) is 29.8 Å². The largest absolute Gasteiger partial charge is 0.271 e. The van der Waals surface area contributed by atoms with Crippen LogP contribution in [0.1, 0.15) is 15.9 Å². The number of carbonyl (C=O) groups excluding carboxylic acids is 1. The molecule has 0 aliphatic rings. The minimum Gasteiger partial charge on any atom is -0.267 e. The van der Waals surface area contributed by atoms with Gasteiger partial charge < -0.3 is 0 Å². The van der Waals surface area contributed by atoms with Gasteiger partial charge in [-0.3, -0.25) is 4.79 Å². The highest BCUT2D eigenvalue weighted by Gasteiger charge is 2.02. The van der Waals surface area contributed by atoms with E-state index in [1.165, 1.54) is 0 Å². The molecule has 2 rings (SSSR count). The molecule has 2 aromatic rings. The van der Waals surface area contributed by atoms with Crippen LogP contribution < -0.4 is 5.43 Å². The van der Waals surface area contributed by atoms with Crippen LogP contribution in [0.2, 0.25) is 0 Å². The van der Waals surface area contributed by atoms with Gasteiger partial charge in [0.2, 0.25) is 0 Å². The first kappa shape index (κ1) is 12.5. The Hall–Kier alpha value is -1.94. The summed E-state index contributed by atoms with van der Waals surface area (Å²) in [5.74, 6) is -0.227. The third kappa shape index (κ3) is 3.53. The predicted molar refractivity (Wildman–Crippen MR) is 75.6 cm³/mol. The molecule has 2 aromatic carbocycles. The molecule has 0 spiro atoms. The van der Waals surface area contributed by atoms with Crippen molar-refractivity contribution in [2.45, 2.75) is 0 Å². The van der Waals surface area contributed by atoms with Crippen molar-refractivity contribution in [3.63, 3.8) is 0 Å². The van der Waals surface area contributed by atoms with Crippen LogP contribution in [-0.4, -0.2) is 12.1 Å². The molecule has 4 heteroatoms. The Kier molecular flexibility index (Phi) is 4.25. The number of hydrogen-bond donors (Lipinski definition) is 1. The molecule has 0 aromatic heterocycles. The maximum absolute atomic E-state index is 11.7. The van der Waals surface area contributed by atoms with E-state index in [9.17, 15) is 4.79 Å². The van der Waals surface area contributed by atoms with Crippen LogP contribution in [-0.2, 0) is 0 Å². The number of hydrogen-bond acceptors (Lipinski definition) is 2. The van der Waals surface area contributed by atoms with E-state index in [2.05, 4.69) is 26.5 Å². The highest BCUT2D eigenvalue weighted by atomic mass is 79.9. The zero-order valence-electron chi connectivity index (χ0n) is 9.51. The maximum Gasteiger partial charge on any atom is 0.271 e. The molecule has 0 saturated heterocycles. The first-order chi connectivity index (χ1) is 8.75. The monoisotopic (exact) mass is 302 g/mol. The molecule has 1 N–H and O–H groups in total. The maximum atomic E-state index is 11.7. The minimum absolute atomic E-state index is 0.227. The molecule has 0 atom stereocenters. The lowest BCUT2D eigenvalue weighted by atomic mass is 10.2. The third-order valence-corrected chi connectivity index (χ3v) is 2.81. The van der Waals surface area contributed by atoms with Gasteiger partial charge in [-0.15, -0.1) is 0 Å². The second kappa shape index (κ2) is 6.12. The van der Waals surface area contributed by atoms with Gasteiger partial charge in [-0.2, -0.15) is 5.10 Å². The fourth-order valence-corrected chi connectivity index (χ4v) is 1.63. The molecule has 90 valence electrons. The third-order valence-electron chi connectivity index (χ3n) is 2.29. The Morgan fingerprint density at radius 2 is 1.72 bits per heavy atom. The van der Waals surface area contributed by atoms with Gasteiger partial charge in [-0.1, -0.05) is 46.3 Å². The number of nitrogens with zero attached hydrogens (tertiary/aromatic N) is 1. The summed E-state index contributed by atoms with van der Waals surface area (Å²) in [6.07, 6.45) is 1.61. The molecular formula is C14H11BrN2O. The normalized spacial score (nSPS) is 10.5. The van der Waals surface area contributed by atoms with Crippen molar-refractivity contribution in [1.29, 1.82) is 0 Å². The molecule has 0 aliphatic carbocycles. The quantitative estimate of drug-likeness (QED) is 0.686. The Bertz CT molecular complexity index is 550. The van der Waals surface area contributed by atoms with Crippen LogP contribution in [0.5, 0.6) is 0 Å². The lowest BCUT2D eigenvalue weighted by molar-refractivity contribution is 0.0955. The summed E-state index contributed by atoms with van der Waals surface area (Å²) in [5, 5.41) is 3.90. The van der Waals surface area contributed by atoms with Gasteiger partial charge >= 0.3 is 0 Å². The summed E-state index contributed by atoms with van der Waals surface area (Å²) in [5.41, 5.74) is 3.99. The van der Waals surface area contributed by atoms with Crippen molar-refractivity contribution in [2.24, 2.45) is 5.10 Å². The number of halogens is 1. The van der Waals surface area contributed by atoms with E-state index in [0.29, 0.717) is 5.56 Å². The molecule has 0 unspecified atom stereocenters. The van der Waals surface area contributed by atoms with Gasteiger partial charge in [-0.25, -0.2) is 5.43 Å². The van der Waals surface area contributed by atoms with E-state index in [1.54, 1.807) is 18.3 Å². The topological polar surface area (TPSA) is 41.5 Å². The molecule has 0 fully saturated rings. The number of rotatable bonds is 3. The average molecular weight is 303 g/mol. The lowest BCUT2D eigenvalue weighted by Gasteiger charge is -1.99. The van der Waals surface area contributed by atoms with Crippen LogP contribution in [0.15, 0.2) is 64.2 Å². The van der Waals surface area contributed by atoms with Crippen LogP contribution >= 0.6 is 15.9 Å². The summed E-state index contributed by atoms with van der Waals surface area (Å²) >= 11 is 3.32.